The quantitative estimate of drug-likeness (QED) is 0.780. The fourth-order valence-corrected chi connectivity index (χ4v) is 3.32. The maximum Gasteiger partial charge on any atom is 0.120 e. The van der Waals surface area contributed by atoms with Gasteiger partial charge in [0.05, 0.1) is 6.61 Å². The molecule has 3 nitrogen and oxygen atoms in total. The lowest BCUT2D eigenvalue weighted by Gasteiger charge is -2.12. The van der Waals surface area contributed by atoms with Crippen LogP contribution in [-0.2, 0) is 6.54 Å². The van der Waals surface area contributed by atoms with E-state index in [0.717, 1.165) is 31.5 Å². The summed E-state index contributed by atoms with van der Waals surface area (Å²) in [4.78, 5) is 0. The summed E-state index contributed by atoms with van der Waals surface area (Å²) in [7, 11) is 0. The zero-order valence-corrected chi connectivity index (χ0v) is 13.0. The average Bonchev–Trinajstić information content (AvgIpc) is 3.13. The Morgan fingerprint density at radius 1 is 1.24 bits per heavy atom. The predicted molar refractivity (Wildman–Crippen MR) is 88.0 cm³/mol. The first-order valence-corrected chi connectivity index (χ1v) is 8.32. The second-order valence-corrected chi connectivity index (χ2v) is 5.95. The van der Waals surface area contributed by atoms with E-state index in [9.17, 15) is 0 Å². The number of nitrogens with zero attached hydrogens (tertiary/aromatic N) is 1. The normalized spacial score (nSPS) is 15.9. The Morgan fingerprint density at radius 3 is 2.90 bits per heavy atom. The zero-order valence-electron chi connectivity index (χ0n) is 13.0. The molecule has 21 heavy (non-hydrogen) atoms. The Kier molecular flexibility index (Phi) is 4.81. The number of rotatable bonds is 7. The highest BCUT2D eigenvalue weighted by molar-refractivity contribution is 5.81. The van der Waals surface area contributed by atoms with Crippen LogP contribution in [0.3, 0.4) is 0 Å². The molecule has 0 atom stereocenters. The number of hydrogen-bond donors (Lipinski definition) is 1. The SMILES string of the molecule is CCOc1ccc2c(ccn2CCCNC2CCCC2)c1. The molecule has 0 unspecified atom stereocenters. The number of ether oxygens (including phenoxy) is 1. The highest BCUT2D eigenvalue weighted by Gasteiger charge is 2.13. The molecule has 1 saturated carbocycles. The Balaban J connectivity index is 1.54. The topological polar surface area (TPSA) is 26.2 Å². The van der Waals surface area contributed by atoms with Gasteiger partial charge in [0.1, 0.15) is 5.75 Å². The Morgan fingerprint density at radius 2 is 2.10 bits per heavy atom. The van der Waals surface area contributed by atoms with Gasteiger partial charge < -0.3 is 14.6 Å². The Bertz CT molecular complexity index is 570. The number of benzene rings is 1. The van der Waals surface area contributed by atoms with Crippen LogP contribution < -0.4 is 10.1 Å². The van der Waals surface area contributed by atoms with E-state index in [-0.39, 0.29) is 0 Å². The van der Waals surface area contributed by atoms with Crippen molar-refractivity contribution < 1.29 is 4.74 Å². The van der Waals surface area contributed by atoms with E-state index in [1.54, 1.807) is 0 Å². The monoisotopic (exact) mass is 286 g/mol. The van der Waals surface area contributed by atoms with Crippen LogP contribution in [0.15, 0.2) is 30.5 Å². The fourth-order valence-electron chi connectivity index (χ4n) is 3.32. The van der Waals surface area contributed by atoms with E-state index < -0.39 is 0 Å². The van der Waals surface area contributed by atoms with Gasteiger partial charge in [0.2, 0.25) is 0 Å². The highest BCUT2D eigenvalue weighted by atomic mass is 16.5. The standard InChI is InChI=1S/C18H26N2O/c1-2-21-17-8-9-18-15(14-17)10-13-20(18)12-5-11-19-16-6-3-4-7-16/h8-10,13-14,16,19H,2-7,11-12H2,1H3. The van der Waals surface area contributed by atoms with Gasteiger partial charge in [-0.1, -0.05) is 12.8 Å². The summed E-state index contributed by atoms with van der Waals surface area (Å²) in [5.41, 5.74) is 1.30. The van der Waals surface area contributed by atoms with Crippen molar-refractivity contribution in [2.45, 2.75) is 51.6 Å². The van der Waals surface area contributed by atoms with Gasteiger partial charge in [-0.3, -0.25) is 0 Å². The Labute approximate surface area is 127 Å². The molecule has 3 heteroatoms. The second kappa shape index (κ2) is 6.99. The third-order valence-corrected chi connectivity index (χ3v) is 4.42. The second-order valence-electron chi connectivity index (χ2n) is 5.95. The van der Waals surface area contributed by atoms with E-state index in [2.05, 4.69) is 40.3 Å². The van der Waals surface area contributed by atoms with Crippen molar-refractivity contribution in [2.24, 2.45) is 0 Å². The van der Waals surface area contributed by atoms with Crippen molar-refractivity contribution in [2.75, 3.05) is 13.2 Å². The molecule has 0 aliphatic heterocycles. The molecule has 0 spiro atoms. The molecule has 2 aromatic rings. The molecule has 1 aliphatic rings. The minimum absolute atomic E-state index is 0.721. The maximum absolute atomic E-state index is 5.56. The number of aryl methyl sites for hydroxylation is 1. The molecule has 1 aliphatic carbocycles. The number of nitrogens with one attached hydrogen (secondary N) is 1. The lowest BCUT2D eigenvalue weighted by atomic mass is 10.2. The average molecular weight is 286 g/mol. The van der Waals surface area contributed by atoms with Crippen LogP contribution in [0.25, 0.3) is 10.9 Å². The van der Waals surface area contributed by atoms with Crippen LogP contribution >= 0.6 is 0 Å². The minimum Gasteiger partial charge on any atom is -0.494 e. The van der Waals surface area contributed by atoms with Gasteiger partial charge in [-0.25, -0.2) is 0 Å². The largest absolute Gasteiger partial charge is 0.494 e. The third-order valence-electron chi connectivity index (χ3n) is 4.42. The molecule has 0 amide bonds. The molecule has 114 valence electrons. The molecule has 0 saturated heterocycles. The molecule has 1 aromatic heterocycles. The van der Waals surface area contributed by atoms with Gasteiger partial charge in [-0.15, -0.1) is 0 Å². The molecule has 1 N–H and O–H groups in total. The molecule has 0 radical (unpaired) electrons. The van der Waals surface area contributed by atoms with Crippen molar-refractivity contribution in [1.29, 1.82) is 0 Å². The van der Waals surface area contributed by atoms with E-state index in [4.69, 9.17) is 4.74 Å². The van der Waals surface area contributed by atoms with Crippen LogP contribution in [0.5, 0.6) is 5.75 Å². The van der Waals surface area contributed by atoms with Gasteiger partial charge in [-0.2, -0.15) is 0 Å². The summed E-state index contributed by atoms with van der Waals surface area (Å²) in [6.45, 7) is 4.95. The first kappa shape index (κ1) is 14.5. The van der Waals surface area contributed by atoms with E-state index in [0.29, 0.717) is 0 Å². The van der Waals surface area contributed by atoms with E-state index in [1.807, 2.05) is 6.92 Å². The summed E-state index contributed by atoms with van der Waals surface area (Å²) in [5.74, 6) is 0.964. The van der Waals surface area contributed by atoms with Crippen molar-refractivity contribution >= 4 is 10.9 Å². The first-order valence-electron chi connectivity index (χ1n) is 8.32. The van der Waals surface area contributed by atoms with Crippen LogP contribution in [0, 0.1) is 0 Å². The zero-order chi connectivity index (χ0) is 14.5. The van der Waals surface area contributed by atoms with Crippen molar-refractivity contribution in [3.63, 3.8) is 0 Å². The van der Waals surface area contributed by atoms with Gasteiger partial charge >= 0.3 is 0 Å². The first-order chi connectivity index (χ1) is 10.4. The minimum atomic E-state index is 0.721. The van der Waals surface area contributed by atoms with Crippen molar-refractivity contribution in [3.8, 4) is 5.75 Å². The number of hydrogen-bond acceptors (Lipinski definition) is 2. The summed E-state index contributed by atoms with van der Waals surface area (Å²) < 4.78 is 7.91. The summed E-state index contributed by atoms with van der Waals surface area (Å²) in [5, 5.41) is 4.95. The van der Waals surface area contributed by atoms with Crippen LogP contribution in [0.2, 0.25) is 0 Å². The summed E-state index contributed by atoms with van der Waals surface area (Å²) in [6, 6.07) is 9.33. The van der Waals surface area contributed by atoms with Crippen LogP contribution in [-0.4, -0.2) is 23.8 Å². The molecule has 0 bridgehead atoms. The predicted octanol–water partition coefficient (Wildman–Crippen LogP) is 3.96. The summed E-state index contributed by atoms with van der Waals surface area (Å²) in [6.07, 6.45) is 8.92. The Hall–Kier alpha value is -1.48. The van der Waals surface area contributed by atoms with Crippen LogP contribution in [0.1, 0.15) is 39.0 Å². The maximum atomic E-state index is 5.56. The molecule has 1 heterocycles. The lowest BCUT2D eigenvalue weighted by Crippen LogP contribution is -2.27. The molecular weight excluding hydrogens is 260 g/mol. The van der Waals surface area contributed by atoms with Crippen molar-refractivity contribution in [1.82, 2.24) is 9.88 Å². The molecule has 1 fully saturated rings. The smallest absolute Gasteiger partial charge is 0.120 e. The van der Waals surface area contributed by atoms with E-state index in [1.165, 1.54) is 43.0 Å². The highest BCUT2D eigenvalue weighted by Crippen LogP contribution is 2.22. The lowest BCUT2D eigenvalue weighted by molar-refractivity contribution is 0.340. The third kappa shape index (κ3) is 3.59. The fraction of sp³-hybridized carbons (Fsp3) is 0.556. The molecule has 3 rings (SSSR count). The van der Waals surface area contributed by atoms with Crippen LogP contribution in [0.4, 0.5) is 0 Å². The molecule has 1 aromatic carbocycles. The van der Waals surface area contributed by atoms with Gasteiger partial charge in [0, 0.05) is 29.7 Å². The van der Waals surface area contributed by atoms with Gasteiger partial charge in [0.15, 0.2) is 0 Å². The number of fused-ring (bicyclic) bond motifs is 1. The van der Waals surface area contributed by atoms with Crippen molar-refractivity contribution in [3.05, 3.63) is 30.5 Å². The van der Waals surface area contributed by atoms with E-state index >= 15 is 0 Å². The number of aromatic nitrogens is 1. The van der Waals surface area contributed by atoms with Gasteiger partial charge in [0.25, 0.3) is 0 Å². The summed E-state index contributed by atoms with van der Waals surface area (Å²) >= 11 is 0. The molecular formula is C18H26N2O. The van der Waals surface area contributed by atoms with Gasteiger partial charge in [-0.05, 0) is 57.0 Å².